The van der Waals surface area contributed by atoms with Gasteiger partial charge in [0.15, 0.2) is 0 Å². The van der Waals surface area contributed by atoms with E-state index in [4.69, 9.17) is 11.6 Å². The predicted octanol–water partition coefficient (Wildman–Crippen LogP) is 0.370. The van der Waals surface area contributed by atoms with Crippen LogP contribution in [0.2, 0.25) is 0 Å². The minimum absolute atomic E-state index is 0.657. The van der Waals surface area contributed by atoms with E-state index in [-0.39, 0.29) is 0 Å². The van der Waals surface area contributed by atoms with Crippen LogP contribution in [0.1, 0.15) is 0 Å². The lowest BCUT2D eigenvalue weighted by atomic mass is 10.1. The second-order valence-electron chi connectivity index (χ2n) is 4.09. The summed E-state index contributed by atoms with van der Waals surface area (Å²) >= 11 is 5.88. The first-order valence-corrected chi connectivity index (χ1v) is 4.90. The number of alkyl halides is 1. The van der Waals surface area contributed by atoms with Gasteiger partial charge in [0.05, 0.1) is 32.7 Å². The average molecular weight is 176 g/mol. The van der Waals surface area contributed by atoms with E-state index in [9.17, 15) is 0 Å². The normalized spacial score (nSPS) is 49.6. The zero-order valence-electron chi connectivity index (χ0n) is 7.09. The van der Waals surface area contributed by atoms with Gasteiger partial charge in [-0.15, -0.1) is 11.6 Å². The number of likely N-dealkylation sites (N-methyl/N-ethyl adjacent to an activating group) is 1. The van der Waals surface area contributed by atoms with Crippen LogP contribution in [0.25, 0.3) is 0 Å². The molecule has 3 rings (SSSR count). The van der Waals surface area contributed by atoms with Crippen LogP contribution in [0, 0.1) is 0 Å². The fraction of sp³-hybridized carbons (Fsp3) is 1.00. The van der Waals surface area contributed by atoms with E-state index >= 15 is 0 Å². The van der Waals surface area contributed by atoms with Crippen molar-refractivity contribution in [2.45, 2.75) is 6.04 Å². The van der Waals surface area contributed by atoms with Crippen LogP contribution in [-0.4, -0.2) is 61.1 Å². The van der Waals surface area contributed by atoms with E-state index in [0.717, 1.165) is 5.88 Å². The molecule has 3 aliphatic heterocycles. The van der Waals surface area contributed by atoms with Gasteiger partial charge in [-0.05, 0) is 0 Å². The summed E-state index contributed by atoms with van der Waals surface area (Å²) in [4.78, 5) is 2.54. The molecule has 0 aromatic heterocycles. The highest BCUT2D eigenvalue weighted by atomic mass is 35.5. The van der Waals surface area contributed by atoms with Gasteiger partial charge in [0.2, 0.25) is 0 Å². The molecular formula is C8H16ClN2+. The predicted molar refractivity (Wildman–Crippen MR) is 46.9 cm³/mol. The van der Waals surface area contributed by atoms with Gasteiger partial charge in [-0.2, -0.15) is 0 Å². The van der Waals surface area contributed by atoms with Gasteiger partial charge in [-0.3, -0.25) is 4.90 Å². The number of quaternary nitrogens is 1. The maximum absolute atomic E-state index is 5.88. The maximum atomic E-state index is 5.88. The number of hydrogen-bond acceptors (Lipinski definition) is 1. The van der Waals surface area contributed by atoms with Crippen LogP contribution in [0.4, 0.5) is 0 Å². The molecule has 3 fully saturated rings. The Morgan fingerprint density at radius 3 is 2.45 bits per heavy atom. The monoisotopic (exact) mass is 175 g/mol. The first-order chi connectivity index (χ1) is 5.23. The van der Waals surface area contributed by atoms with Crippen molar-refractivity contribution in [1.29, 1.82) is 0 Å². The van der Waals surface area contributed by atoms with E-state index in [1.807, 2.05) is 0 Å². The Hall–Kier alpha value is 0.210. The van der Waals surface area contributed by atoms with Gasteiger partial charge in [0.25, 0.3) is 0 Å². The molecule has 64 valence electrons. The average Bonchev–Trinajstić information content (AvgIpc) is 2.04. The molecule has 3 aliphatic rings. The Morgan fingerprint density at radius 2 is 2.09 bits per heavy atom. The standard InChI is InChI=1S/C8H16ClN2/c1-11-4-2-10(3-5-11)8(6-9)7-11/h8H,2-7H2,1H3/q+1. The minimum Gasteiger partial charge on any atom is -0.323 e. The van der Waals surface area contributed by atoms with Crippen molar-refractivity contribution in [1.82, 2.24) is 4.90 Å². The van der Waals surface area contributed by atoms with E-state index < -0.39 is 0 Å². The molecule has 0 aliphatic carbocycles. The topological polar surface area (TPSA) is 3.24 Å². The molecule has 0 aromatic carbocycles. The molecule has 3 saturated heterocycles. The van der Waals surface area contributed by atoms with Crippen LogP contribution in [0.15, 0.2) is 0 Å². The number of rotatable bonds is 1. The highest BCUT2D eigenvalue weighted by molar-refractivity contribution is 6.18. The van der Waals surface area contributed by atoms with Gasteiger partial charge >= 0.3 is 0 Å². The van der Waals surface area contributed by atoms with Crippen molar-refractivity contribution in [2.75, 3.05) is 45.7 Å². The van der Waals surface area contributed by atoms with Crippen LogP contribution < -0.4 is 0 Å². The minimum atomic E-state index is 0.657. The largest absolute Gasteiger partial charge is 0.323 e. The summed E-state index contributed by atoms with van der Waals surface area (Å²) < 4.78 is 1.26. The van der Waals surface area contributed by atoms with Crippen molar-refractivity contribution < 1.29 is 4.48 Å². The van der Waals surface area contributed by atoms with Crippen LogP contribution in [0.5, 0.6) is 0 Å². The fourth-order valence-electron chi connectivity index (χ4n) is 2.28. The summed E-state index contributed by atoms with van der Waals surface area (Å²) in [7, 11) is 2.36. The number of hydrogen-bond donors (Lipinski definition) is 0. The molecule has 0 spiro atoms. The molecular weight excluding hydrogens is 160 g/mol. The summed E-state index contributed by atoms with van der Waals surface area (Å²) in [5, 5.41) is 0. The quantitative estimate of drug-likeness (QED) is 0.411. The lowest BCUT2D eigenvalue weighted by Crippen LogP contribution is -2.69. The molecule has 11 heavy (non-hydrogen) atoms. The Morgan fingerprint density at radius 1 is 1.45 bits per heavy atom. The maximum Gasteiger partial charge on any atom is 0.0955 e. The molecule has 1 atom stereocenters. The van der Waals surface area contributed by atoms with Crippen LogP contribution >= 0.6 is 11.6 Å². The molecule has 0 N–H and O–H groups in total. The van der Waals surface area contributed by atoms with Crippen molar-refractivity contribution in [3.05, 3.63) is 0 Å². The molecule has 0 amide bonds. The number of nitrogens with zero attached hydrogens (tertiary/aromatic N) is 2. The number of piperazine rings is 3. The van der Waals surface area contributed by atoms with Gasteiger partial charge in [-0.25, -0.2) is 0 Å². The summed E-state index contributed by atoms with van der Waals surface area (Å²) in [6, 6.07) is 0.657. The van der Waals surface area contributed by atoms with Crippen molar-refractivity contribution >= 4 is 11.6 Å². The zero-order valence-corrected chi connectivity index (χ0v) is 7.85. The van der Waals surface area contributed by atoms with Gasteiger partial charge in [-0.1, -0.05) is 0 Å². The highest BCUT2D eigenvalue weighted by Crippen LogP contribution is 2.22. The Balaban J connectivity index is 2.09. The van der Waals surface area contributed by atoms with Gasteiger partial charge < -0.3 is 4.48 Å². The summed E-state index contributed by atoms with van der Waals surface area (Å²) in [5.74, 6) is 0.813. The first-order valence-electron chi connectivity index (χ1n) is 4.37. The Kier molecular flexibility index (Phi) is 1.86. The lowest BCUT2D eigenvalue weighted by Gasteiger charge is -2.52. The molecule has 3 heteroatoms. The third-order valence-corrected chi connectivity index (χ3v) is 3.56. The highest BCUT2D eigenvalue weighted by Gasteiger charge is 2.40. The summed E-state index contributed by atoms with van der Waals surface area (Å²) in [5.41, 5.74) is 0. The smallest absolute Gasteiger partial charge is 0.0955 e. The fourth-order valence-corrected chi connectivity index (χ4v) is 2.57. The zero-order chi connectivity index (χ0) is 7.90. The first kappa shape index (κ1) is 7.84. The van der Waals surface area contributed by atoms with Gasteiger partial charge in [0, 0.05) is 19.0 Å². The van der Waals surface area contributed by atoms with Gasteiger partial charge in [0.1, 0.15) is 0 Å². The summed E-state index contributed by atoms with van der Waals surface area (Å²) in [6.07, 6.45) is 0. The van der Waals surface area contributed by atoms with Crippen molar-refractivity contribution in [3.63, 3.8) is 0 Å². The second-order valence-corrected chi connectivity index (χ2v) is 4.40. The Bertz CT molecular complexity index is 152. The molecule has 2 bridgehead atoms. The second kappa shape index (κ2) is 2.61. The number of fused-ring (bicyclic) bond motifs is 3. The van der Waals surface area contributed by atoms with E-state index in [1.54, 1.807) is 0 Å². The third-order valence-electron chi connectivity index (χ3n) is 3.20. The van der Waals surface area contributed by atoms with E-state index in [2.05, 4.69) is 11.9 Å². The van der Waals surface area contributed by atoms with Crippen LogP contribution in [-0.2, 0) is 0 Å². The molecule has 0 aromatic rings. The van der Waals surface area contributed by atoms with E-state index in [1.165, 1.54) is 37.2 Å². The summed E-state index contributed by atoms with van der Waals surface area (Å²) in [6.45, 7) is 6.44. The van der Waals surface area contributed by atoms with E-state index in [0.29, 0.717) is 6.04 Å². The molecule has 0 radical (unpaired) electrons. The molecule has 1 unspecified atom stereocenters. The molecule has 0 saturated carbocycles. The number of halogens is 1. The molecule has 2 nitrogen and oxygen atoms in total. The third kappa shape index (κ3) is 1.28. The Labute approximate surface area is 73.3 Å². The lowest BCUT2D eigenvalue weighted by molar-refractivity contribution is -0.926. The van der Waals surface area contributed by atoms with Crippen molar-refractivity contribution in [2.24, 2.45) is 0 Å². The van der Waals surface area contributed by atoms with Crippen molar-refractivity contribution in [3.8, 4) is 0 Å². The molecule has 3 heterocycles. The SMILES string of the molecule is C[N+]12CCN(CC1)C(CCl)C2. The van der Waals surface area contributed by atoms with Crippen LogP contribution in [0.3, 0.4) is 0 Å².